The molecule has 4 heterocycles. The number of nitrogens with zero attached hydrogens (tertiary/aromatic N) is 2. The Hall–Kier alpha value is 0.999. The van der Waals surface area contributed by atoms with Crippen molar-refractivity contribution in [1.29, 1.82) is 0 Å². The summed E-state index contributed by atoms with van der Waals surface area (Å²) in [6, 6.07) is 0. The van der Waals surface area contributed by atoms with Crippen LogP contribution in [0.15, 0.2) is 28.5 Å². The Morgan fingerprint density at radius 3 is 2.00 bits per heavy atom. The summed E-state index contributed by atoms with van der Waals surface area (Å²) in [5.41, 5.74) is 0. The molecule has 21 heavy (non-hydrogen) atoms. The molecule has 1 aromatic rings. The first-order valence-electron chi connectivity index (χ1n) is 6.71. The van der Waals surface area contributed by atoms with Gasteiger partial charge in [-0.25, -0.2) is 0 Å². The first-order valence-corrected chi connectivity index (χ1v) is 13.5. The van der Waals surface area contributed by atoms with Crippen molar-refractivity contribution in [2.24, 2.45) is 0 Å². The molecule has 5 rings (SSSR count). The van der Waals surface area contributed by atoms with Crippen LogP contribution in [0.5, 0.6) is 0 Å². The van der Waals surface area contributed by atoms with Crippen LogP contribution in [0.4, 0.5) is 0 Å². The van der Waals surface area contributed by atoms with Crippen molar-refractivity contribution in [3.05, 3.63) is 28.5 Å². The molecule has 0 saturated heterocycles. The first-order chi connectivity index (χ1) is 10.4. The van der Waals surface area contributed by atoms with Crippen molar-refractivity contribution in [3.63, 3.8) is 0 Å². The van der Waals surface area contributed by atoms with E-state index in [-0.39, 0.29) is 0 Å². The van der Waals surface area contributed by atoms with Crippen LogP contribution in [0.2, 0.25) is 0 Å². The van der Waals surface area contributed by atoms with E-state index < -0.39 is 0 Å². The molecule has 0 N–H and O–H groups in total. The van der Waals surface area contributed by atoms with Gasteiger partial charge in [0.15, 0.2) is 0 Å². The summed E-state index contributed by atoms with van der Waals surface area (Å²) < 4.78 is 8.97. The quantitative estimate of drug-likeness (QED) is 0.529. The number of rotatable bonds is 0. The molecular weight excluding hydrogens is 470 g/mol. The molecule has 108 valence electrons. The Bertz CT molecular complexity index is 638. The van der Waals surface area contributed by atoms with Crippen LogP contribution in [0, 0.1) is 0 Å². The number of hydrogen-bond donors (Lipinski definition) is 0. The van der Waals surface area contributed by atoms with Crippen molar-refractivity contribution in [1.82, 2.24) is 9.97 Å². The molecule has 2 atom stereocenters. The van der Waals surface area contributed by atoms with Gasteiger partial charge in [-0.15, -0.1) is 0 Å². The zero-order valence-corrected chi connectivity index (χ0v) is 17.5. The third kappa shape index (κ3) is 2.60. The minimum absolute atomic E-state index is 0.415. The van der Waals surface area contributed by atoms with Gasteiger partial charge in [-0.2, -0.15) is 0 Å². The van der Waals surface area contributed by atoms with E-state index in [1.807, 2.05) is 12.4 Å². The van der Waals surface area contributed by atoms with E-state index in [0.717, 1.165) is 10.5 Å². The van der Waals surface area contributed by atoms with Gasteiger partial charge in [-0.05, 0) is 0 Å². The second-order valence-electron chi connectivity index (χ2n) is 4.97. The molecule has 4 aliphatic rings. The van der Waals surface area contributed by atoms with Crippen LogP contribution in [-0.2, 0) is 0 Å². The minimum atomic E-state index is 0.415. The van der Waals surface area contributed by atoms with Crippen LogP contribution >= 0.6 is 47.0 Å². The summed E-state index contributed by atoms with van der Waals surface area (Å²) >= 11 is 9.27. The zero-order valence-electron chi connectivity index (χ0n) is 10.8. The molecule has 0 spiro atoms. The molecule has 1 fully saturated rings. The fraction of sp³-hybridized carbons (Fsp3) is 0.385. The Morgan fingerprint density at radius 2 is 1.43 bits per heavy atom. The van der Waals surface area contributed by atoms with E-state index in [2.05, 4.69) is 57.0 Å². The van der Waals surface area contributed by atoms with Gasteiger partial charge in [0.05, 0.1) is 0 Å². The molecule has 2 nitrogen and oxygen atoms in total. The zero-order chi connectivity index (χ0) is 13.8. The van der Waals surface area contributed by atoms with Gasteiger partial charge in [0.2, 0.25) is 0 Å². The summed E-state index contributed by atoms with van der Waals surface area (Å²) in [6.45, 7) is 0. The average Bonchev–Trinajstić information content (AvgIpc) is 3.20. The summed E-state index contributed by atoms with van der Waals surface area (Å²) in [4.78, 5) is 9.04. The molecule has 0 amide bonds. The van der Waals surface area contributed by atoms with Crippen molar-refractivity contribution in [2.75, 3.05) is 0 Å². The van der Waals surface area contributed by atoms with Gasteiger partial charge in [0, 0.05) is 0 Å². The Kier molecular flexibility index (Phi) is 3.97. The second-order valence-corrected chi connectivity index (χ2v) is 15.8. The fourth-order valence-corrected chi connectivity index (χ4v) is 16.5. The number of aromatic nitrogens is 2. The van der Waals surface area contributed by atoms with E-state index >= 15 is 0 Å². The first kappa shape index (κ1) is 14.4. The van der Waals surface area contributed by atoms with Crippen molar-refractivity contribution < 1.29 is 0 Å². The van der Waals surface area contributed by atoms with Crippen LogP contribution < -0.4 is 9.18 Å². The van der Waals surface area contributed by atoms with Gasteiger partial charge in [0.1, 0.15) is 0 Å². The average molecular weight is 480 g/mol. The van der Waals surface area contributed by atoms with Gasteiger partial charge in [0.25, 0.3) is 0 Å². The van der Waals surface area contributed by atoms with Crippen LogP contribution in [-0.4, -0.2) is 50.4 Å². The Labute approximate surface area is 153 Å². The molecule has 1 aliphatic carbocycles. The predicted octanol–water partition coefficient (Wildman–Crippen LogP) is 2.28. The standard InChI is InChI=1S/C13H10N2S4Se2/c1-2-6-7(3-1)17-11-10(16-6)18-12(19-11)13-20-8-9(21-13)15-5-4-14-8/h4-7H,1-3H2/t6-,7+. The molecule has 0 bridgehead atoms. The van der Waals surface area contributed by atoms with Gasteiger partial charge in [-0.3, -0.25) is 0 Å². The van der Waals surface area contributed by atoms with Crippen LogP contribution in [0.25, 0.3) is 0 Å². The summed E-state index contributed by atoms with van der Waals surface area (Å²) in [6.07, 6.45) is 7.95. The van der Waals surface area contributed by atoms with E-state index in [1.165, 1.54) is 28.4 Å². The third-order valence-corrected chi connectivity index (χ3v) is 17.4. The SMILES string of the molecule is c1cnc2c(n1)[Se]C(=C1SC3=C(S1)S[C@@H]1CCC[C@@H]1S3)[Se]2. The molecule has 1 aromatic heterocycles. The number of hydrogen-bond acceptors (Lipinski definition) is 6. The van der Waals surface area contributed by atoms with Gasteiger partial charge >= 0.3 is 154 Å². The molecule has 1 saturated carbocycles. The van der Waals surface area contributed by atoms with Gasteiger partial charge in [-0.1, -0.05) is 0 Å². The fourth-order valence-electron chi connectivity index (χ4n) is 2.67. The molecule has 0 unspecified atom stereocenters. The van der Waals surface area contributed by atoms with Crippen LogP contribution in [0.3, 0.4) is 0 Å². The summed E-state index contributed by atoms with van der Waals surface area (Å²) in [5.74, 6) is 0. The maximum absolute atomic E-state index is 4.52. The maximum atomic E-state index is 4.52. The molecular formula is C13H10N2S4Se2. The molecule has 0 radical (unpaired) electrons. The van der Waals surface area contributed by atoms with Crippen molar-refractivity contribution >= 4 is 86.1 Å². The van der Waals surface area contributed by atoms with Crippen molar-refractivity contribution in [3.8, 4) is 0 Å². The number of thioether (sulfide) groups is 4. The summed E-state index contributed by atoms with van der Waals surface area (Å²) in [7, 11) is 0. The Morgan fingerprint density at radius 1 is 0.857 bits per heavy atom. The van der Waals surface area contributed by atoms with E-state index in [9.17, 15) is 0 Å². The second kappa shape index (κ2) is 5.82. The monoisotopic (exact) mass is 482 g/mol. The summed E-state index contributed by atoms with van der Waals surface area (Å²) in [5, 5.41) is 1.76. The number of fused-ring (bicyclic) bond motifs is 2. The predicted molar refractivity (Wildman–Crippen MR) is 98.7 cm³/mol. The van der Waals surface area contributed by atoms with E-state index in [1.54, 1.807) is 16.1 Å². The molecule has 3 aliphatic heterocycles. The van der Waals surface area contributed by atoms with Crippen molar-refractivity contribution in [2.45, 2.75) is 29.8 Å². The van der Waals surface area contributed by atoms with Crippen LogP contribution in [0.1, 0.15) is 19.3 Å². The normalized spacial score (nSPS) is 30.7. The molecule has 0 aromatic carbocycles. The Balaban J connectivity index is 1.40. The van der Waals surface area contributed by atoms with E-state index in [4.69, 9.17) is 0 Å². The van der Waals surface area contributed by atoms with E-state index in [0.29, 0.717) is 29.9 Å². The van der Waals surface area contributed by atoms with Gasteiger partial charge < -0.3 is 0 Å². The topological polar surface area (TPSA) is 25.8 Å². The molecule has 8 heteroatoms. The third-order valence-electron chi connectivity index (χ3n) is 3.62.